The van der Waals surface area contributed by atoms with E-state index in [0.29, 0.717) is 23.7 Å². The van der Waals surface area contributed by atoms with E-state index in [1.807, 2.05) is 13.8 Å². The molecule has 0 aromatic carbocycles. The van der Waals surface area contributed by atoms with E-state index in [-0.39, 0.29) is 17.6 Å². The molecule has 0 amide bonds. The van der Waals surface area contributed by atoms with Gasteiger partial charge in [0.05, 0.1) is 12.2 Å². The Balaban J connectivity index is 2.02. The zero-order valence-electron chi connectivity index (χ0n) is 8.72. The highest BCUT2D eigenvalue weighted by atomic mass is 16.3. The maximum absolute atomic E-state index is 10.2. The van der Waals surface area contributed by atoms with E-state index in [1.54, 1.807) is 0 Å². The van der Waals surface area contributed by atoms with Gasteiger partial charge in [-0.3, -0.25) is 0 Å². The van der Waals surface area contributed by atoms with Crippen LogP contribution in [0.4, 0.5) is 0 Å². The van der Waals surface area contributed by atoms with Crippen LogP contribution < -0.4 is 0 Å². The lowest BCUT2D eigenvalue weighted by molar-refractivity contribution is -0.0195. The molecule has 2 saturated carbocycles. The lowest BCUT2D eigenvalue weighted by Crippen LogP contribution is -2.36. The molecule has 0 aliphatic heterocycles. The summed E-state index contributed by atoms with van der Waals surface area (Å²) >= 11 is 0. The Morgan fingerprint density at radius 3 is 1.86 bits per heavy atom. The molecule has 6 atom stereocenters. The molecule has 2 bridgehead atoms. The van der Waals surface area contributed by atoms with Gasteiger partial charge in [-0.1, -0.05) is 26.0 Å². The second kappa shape index (κ2) is 2.42. The van der Waals surface area contributed by atoms with E-state index in [9.17, 15) is 10.2 Å². The van der Waals surface area contributed by atoms with Crippen molar-refractivity contribution in [2.75, 3.05) is 0 Å². The van der Waals surface area contributed by atoms with Crippen molar-refractivity contribution in [1.29, 1.82) is 0 Å². The molecule has 2 fully saturated rings. The minimum atomic E-state index is -0.331. The number of allylic oxidation sites excluding steroid dienone is 2. The van der Waals surface area contributed by atoms with Crippen molar-refractivity contribution in [3.05, 3.63) is 12.2 Å². The van der Waals surface area contributed by atoms with E-state index in [0.717, 1.165) is 6.42 Å². The van der Waals surface area contributed by atoms with Gasteiger partial charge in [-0.15, -0.1) is 0 Å². The highest BCUT2D eigenvalue weighted by molar-refractivity contribution is 5.21. The largest absolute Gasteiger partial charge is 0.392 e. The molecule has 3 aliphatic carbocycles. The molecule has 0 radical (unpaired) electrons. The molecule has 78 valence electrons. The second-order valence-corrected chi connectivity index (χ2v) is 5.81. The fourth-order valence-electron chi connectivity index (χ4n) is 3.95. The van der Waals surface area contributed by atoms with Crippen LogP contribution in [0.5, 0.6) is 0 Å². The molecule has 2 N–H and O–H groups in total. The van der Waals surface area contributed by atoms with Crippen LogP contribution in [0, 0.1) is 29.1 Å². The van der Waals surface area contributed by atoms with Crippen LogP contribution >= 0.6 is 0 Å². The fraction of sp³-hybridized carbons (Fsp3) is 0.833. The molecule has 0 unspecified atom stereocenters. The topological polar surface area (TPSA) is 40.5 Å². The summed E-state index contributed by atoms with van der Waals surface area (Å²) in [6.07, 6.45) is 4.97. The molecule has 2 heteroatoms. The Kier molecular flexibility index (Phi) is 1.54. The number of fused-ring (bicyclic) bond motifs is 5. The monoisotopic (exact) mass is 194 g/mol. The van der Waals surface area contributed by atoms with E-state index >= 15 is 0 Å². The van der Waals surface area contributed by atoms with Crippen molar-refractivity contribution in [2.24, 2.45) is 29.1 Å². The predicted molar refractivity (Wildman–Crippen MR) is 53.5 cm³/mol. The van der Waals surface area contributed by atoms with Gasteiger partial charge in [0.15, 0.2) is 0 Å². The highest BCUT2D eigenvalue weighted by Crippen LogP contribution is 2.60. The number of hydrogen-bond donors (Lipinski definition) is 2. The second-order valence-electron chi connectivity index (χ2n) is 5.81. The van der Waals surface area contributed by atoms with Crippen molar-refractivity contribution in [2.45, 2.75) is 32.5 Å². The van der Waals surface area contributed by atoms with E-state index in [4.69, 9.17) is 0 Å². The lowest BCUT2D eigenvalue weighted by atomic mass is 9.82. The van der Waals surface area contributed by atoms with Crippen molar-refractivity contribution < 1.29 is 10.2 Å². The molecule has 0 spiro atoms. The molecule has 2 nitrogen and oxygen atoms in total. The molecular weight excluding hydrogens is 176 g/mol. The normalized spacial score (nSPS) is 58.0. The first kappa shape index (κ1) is 8.93. The summed E-state index contributed by atoms with van der Waals surface area (Å²) in [5, 5.41) is 20.5. The number of aliphatic hydroxyl groups is 2. The van der Waals surface area contributed by atoms with Crippen LogP contribution in [-0.4, -0.2) is 22.4 Å². The summed E-state index contributed by atoms with van der Waals surface area (Å²) in [5.74, 6) is 1.68. The van der Waals surface area contributed by atoms with Crippen LogP contribution in [-0.2, 0) is 0 Å². The van der Waals surface area contributed by atoms with E-state index < -0.39 is 0 Å². The van der Waals surface area contributed by atoms with Gasteiger partial charge in [-0.25, -0.2) is 0 Å². The summed E-state index contributed by atoms with van der Waals surface area (Å²) in [4.78, 5) is 0. The summed E-state index contributed by atoms with van der Waals surface area (Å²) < 4.78 is 0. The predicted octanol–water partition coefficient (Wildman–Crippen LogP) is 1.19. The summed E-state index contributed by atoms with van der Waals surface area (Å²) in [6.45, 7) is 3.97. The van der Waals surface area contributed by atoms with Crippen molar-refractivity contribution in [3.8, 4) is 0 Å². The molecular formula is C12H18O2. The summed E-state index contributed by atoms with van der Waals surface area (Å²) in [5.41, 5.74) is -0.321. The summed E-state index contributed by atoms with van der Waals surface area (Å²) in [7, 11) is 0. The van der Waals surface area contributed by atoms with Crippen molar-refractivity contribution in [3.63, 3.8) is 0 Å². The molecule has 3 rings (SSSR count). The standard InChI is InChI=1S/C12H18O2/c1-12(2)10(13)8-6-3-4-7(5-6)9(8)11(12)14/h3-4,6-11,13-14H,5H2,1-2H3/t6-,7-,8-,9+,10-,11+/m0/s1. The van der Waals surface area contributed by atoms with Crippen LogP contribution in [0.25, 0.3) is 0 Å². The van der Waals surface area contributed by atoms with Gasteiger partial charge in [-0.2, -0.15) is 0 Å². The maximum Gasteiger partial charge on any atom is 0.0653 e. The van der Waals surface area contributed by atoms with Crippen LogP contribution in [0.1, 0.15) is 20.3 Å². The Bertz CT molecular complexity index is 269. The first-order valence-corrected chi connectivity index (χ1v) is 5.58. The SMILES string of the molecule is CC1(C)[C@H](O)[C@H]2[C@H]([C@H]3C=C[C@H]2C3)[C@@H]1O. The average molecular weight is 194 g/mol. The third-order valence-electron chi connectivity index (χ3n) is 4.84. The molecule has 3 aliphatic rings. The number of aliphatic hydroxyl groups excluding tert-OH is 2. The molecule has 0 saturated heterocycles. The molecule has 14 heavy (non-hydrogen) atoms. The highest BCUT2D eigenvalue weighted by Gasteiger charge is 2.62. The Morgan fingerprint density at radius 1 is 1.00 bits per heavy atom. The third-order valence-corrected chi connectivity index (χ3v) is 4.84. The van der Waals surface area contributed by atoms with E-state index in [1.165, 1.54) is 0 Å². The van der Waals surface area contributed by atoms with Crippen molar-refractivity contribution >= 4 is 0 Å². The van der Waals surface area contributed by atoms with Gasteiger partial charge in [0.2, 0.25) is 0 Å². The minimum Gasteiger partial charge on any atom is -0.392 e. The minimum absolute atomic E-state index is 0.315. The van der Waals surface area contributed by atoms with Gasteiger partial charge in [0.1, 0.15) is 0 Å². The Morgan fingerprint density at radius 2 is 1.43 bits per heavy atom. The first-order chi connectivity index (χ1) is 6.53. The molecule has 0 aromatic rings. The lowest BCUT2D eigenvalue weighted by Gasteiger charge is -2.29. The zero-order chi connectivity index (χ0) is 10.1. The van der Waals surface area contributed by atoms with Gasteiger partial charge in [0.25, 0.3) is 0 Å². The van der Waals surface area contributed by atoms with Gasteiger partial charge < -0.3 is 10.2 Å². The van der Waals surface area contributed by atoms with Crippen molar-refractivity contribution in [1.82, 2.24) is 0 Å². The molecule has 0 heterocycles. The average Bonchev–Trinajstić information content (AvgIpc) is 2.76. The molecule has 0 aromatic heterocycles. The maximum atomic E-state index is 10.2. The zero-order valence-corrected chi connectivity index (χ0v) is 8.72. The quantitative estimate of drug-likeness (QED) is 0.569. The summed E-state index contributed by atoms with van der Waals surface area (Å²) in [6, 6.07) is 0. The number of rotatable bonds is 0. The fourth-order valence-corrected chi connectivity index (χ4v) is 3.95. The first-order valence-electron chi connectivity index (χ1n) is 5.58. The number of hydrogen-bond acceptors (Lipinski definition) is 2. The van der Waals surface area contributed by atoms with Crippen LogP contribution in [0.3, 0.4) is 0 Å². The van der Waals surface area contributed by atoms with Gasteiger partial charge in [-0.05, 0) is 30.1 Å². The Hall–Kier alpha value is -0.340. The van der Waals surface area contributed by atoms with Gasteiger partial charge >= 0.3 is 0 Å². The van der Waals surface area contributed by atoms with Gasteiger partial charge in [0, 0.05) is 5.41 Å². The van der Waals surface area contributed by atoms with E-state index in [2.05, 4.69) is 12.2 Å². The van der Waals surface area contributed by atoms with Crippen LogP contribution in [0.2, 0.25) is 0 Å². The van der Waals surface area contributed by atoms with Crippen LogP contribution in [0.15, 0.2) is 12.2 Å². The Labute approximate surface area is 84.6 Å². The third kappa shape index (κ3) is 0.801. The smallest absolute Gasteiger partial charge is 0.0653 e.